The fraction of sp³-hybridized carbons (Fsp3) is 0.385. The summed E-state index contributed by atoms with van der Waals surface area (Å²) in [6, 6.07) is 2.83. The summed E-state index contributed by atoms with van der Waals surface area (Å²) in [6.45, 7) is 5.33. The first-order valence-electron chi connectivity index (χ1n) is 5.75. The van der Waals surface area contributed by atoms with Crippen molar-refractivity contribution in [2.24, 2.45) is 5.41 Å². The Morgan fingerprint density at radius 2 is 1.63 bits per heavy atom. The van der Waals surface area contributed by atoms with Crippen molar-refractivity contribution in [3.63, 3.8) is 0 Å². The third-order valence-corrected chi connectivity index (χ3v) is 2.54. The SMILES string of the molecule is COC(=O)c1cc(N)c(NC(=O)C(C)(C)C)c(N)c1. The summed E-state index contributed by atoms with van der Waals surface area (Å²) in [5, 5.41) is 2.66. The van der Waals surface area contributed by atoms with Crippen LogP contribution in [0.15, 0.2) is 12.1 Å². The van der Waals surface area contributed by atoms with Crippen LogP contribution in [0, 0.1) is 5.41 Å². The van der Waals surface area contributed by atoms with E-state index in [9.17, 15) is 9.59 Å². The minimum atomic E-state index is -0.570. The highest BCUT2D eigenvalue weighted by atomic mass is 16.5. The second-order valence-corrected chi connectivity index (χ2v) is 5.23. The number of carbonyl (C=O) groups excluding carboxylic acids is 2. The predicted molar refractivity (Wildman–Crippen MR) is 74.7 cm³/mol. The minimum absolute atomic E-state index is 0.211. The van der Waals surface area contributed by atoms with Gasteiger partial charge in [0, 0.05) is 5.41 Å². The van der Waals surface area contributed by atoms with Crippen molar-refractivity contribution in [3.8, 4) is 0 Å². The topological polar surface area (TPSA) is 107 Å². The molecule has 104 valence electrons. The molecule has 0 radical (unpaired) electrons. The molecule has 0 heterocycles. The summed E-state index contributed by atoms with van der Waals surface area (Å²) >= 11 is 0. The van der Waals surface area contributed by atoms with Gasteiger partial charge in [-0.1, -0.05) is 20.8 Å². The van der Waals surface area contributed by atoms with Crippen LogP contribution < -0.4 is 16.8 Å². The molecule has 1 amide bonds. The predicted octanol–water partition coefficient (Wildman–Crippen LogP) is 1.62. The Hall–Kier alpha value is -2.24. The molecule has 0 atom stereocenters. The van der Waals surface area contributed by atoms with Crippen molar-refractivity contribution in [3.05, 3.63) is 17.7 Å². The molecule has 6 heteroatoms. The number of anilines is 3. The van der Waals surface area contributed by atoms with E-state index in [1.807, 2.05) is 0 Å². The second-order valence-electron chi connectivity index (χ2n) is 5.23. The van der Waals surface area contributed by atoms with Gasteiger partial charge < -0.3 is 21.5 Å². The van der Waals surface area contributed by atoms with Gasteiger partial charge >= 0.3 is 5.97 Å². The molecule has 0 aliphatic rings. The third-order valence-electron chi connectivity index (χ3n) is 2.54. The molecule has 0 saturated heterocycles. The highest BCUT2D eigenvalue weighted by Gasteiger charge is 2.23. The minimum Gasteiger partial charge on any atom is -0.465 e. The van der Waals surface area contributed by atoms with E-state index in [2.05, 4.69) is 10.1 Å². The zero-order chi connectivity index (χ0) is 14.8. The maximum atomic E-state index is 11.9. The number of hydrogen-bond donors (Lipinski definition) is 3. The van der Waals surface area contributed by atoms with Gasteiger partial charge in [-0.05, 0) is 12.1 Å². The number of nitrogens with one attached hydrogen (secondary N) is 1. The number of carbonyl (C=O) groups is 2. The Bertz CT molecular complexity index is 495. The van der Waals surface area contributed by atoms with Crippen LogP contribution in [0.2, 0.25) is 0 Å². The van der Waals surface area contributed by atoms with Gasteiger partial charge in [0.25, 0.3) is 0 Å². The lowest BCUT2D eigenvalue weighted by atomic mass is 9.95. The van der Waals surface area contributed by atoms with Gasteiger partial charge in [-0.3, -0.25) is 4.79 Å². The first-order chi connectivity index (χ1) is 8.66. The number of esters is 1. The fourth-order valence-corrected chi connectivity index (χ4v) is 1.37. The van der Waals surface area contributed by atoms with Gasteiger partial charge in [-0.2, -0.15) is 0 Å². The molecule has 0 fully saturated rings. The molecular formula is C13H19N3O3. The number of benzene rings is 1. The third kappa shape index (κ3) is 3.37. The summed E-state index contributed by atoms with van der Waals surface area (Å²) in [5.41, 5.74) is 12.0. The maximum absolute atomic E-state index is 11.9. The molecule has 0 saturated carbocycles. The van der Waals surface area contributed by atoms with Crippen LogP contribution in [0.25, 0.3) is 0 Å². The summed E-state index contributed by atoms with van der Waals surface area (Å²) in [6.07, 6.45) is 0. The second kappa shape index (κ2) is 5.17. The molecule has 0 bridgehead atoms. The lowest BCUT2D eigenvalue weighted by Crippen LogP contribution is -2.28. The zero-order valence-corrected chi connectivity index (χ0v) is 11.5. The average Bonchev–Trinajstić information content (AvgIpc) is 2.30. The van der Waals surface area contributed by atoms with E-state index in [4.69, 9.17) is 11.5 Å². The Morgan fingerprint density at radius 1 is 1.16 bits per heavy atom. The molecule has 1 aromatic rings. The Labute approximate surface area is 112 Å². The molecule has 0 spiro atoms. The number of methoxy groups -OCH3 is 1. The van der Waals surface area contributed by atoms with Crippen LogP contribution >= 0.6 is 0 Å². The van der Waals surface area contributed by atoms with Crippen LogP contribution in [-0.4, -0.2) is 19.0 Å². The lowest BCUT2D eigenvalue weighted by molar-refractivity contribution is -0.123. The molecule has 0 unspecified atom stereocenters. The van der Waals surface area contributed by atoms with Crippen LogP contribution in [0.1, 0.15) is 31.1 Å². The monoisotopic (exact) mass is 265 g/mol. The molecule has 19 heavy (non-hydrogen) atoms. The highest BCUT2D eigenvalue weighted by Crippen LogP contribution is 2.30. The van der Waals surface area contributed by atoms with E-state index in [0.717, 1.165) is 0 Å². The van der Waals surface area contributed by atoms with E-state index in [-0.39, 0.29) is 22.8 Å². The van der Waals surface area contributed by atoms with Crippen molar-refractivity contribution < 1.29 is 14.3 Å². The van der Waals surface area contributed by atoms with Crippen molar-refractivity contribution >= 4 is 28.9 Å². The van der Waals surface area contributed by atoms with Gasteiger partial charge in [-0.15, -0.1) is 0 Å². The van der Waals surface area contributed by atoms with Crippen LogP contribution in [-0.2, 0) is 9.53 Å². The molecule has 6 nitrogen and oxygen atoms in total. The summed E-state index contributed by atoms with van der Waals surface area (Å²) in [5.74, 6) is -0.746. The Kier molecular flexibility index (Phi) is 4.04. The molecule has 0 aromatic heterocycles. The summed E-state index contributed by atoms with van der Waals surface area (Å²) < 4.78 is 4.58. The summed E-state index contributed by atoms with van der Waals surface area (Å²) in [4.78, 5) is 23.3. The zero-order valence-electron chi connectivity index (χ0n) is 11.5. The Balaban J connectivity index is 3.11. The van der Waals surface area contributed by atoms with Gasteiger partial charge in [-0.25, -0.2) is 4.79 Å². The number of nitrogens with two attached hydrogens (primary N) is 2. The maximum Gasteiger partial charge on any atom is 0.338 e. The van der Waals surface area contributed by atoms with Gasteiger partial charge in [0.05, 0.1) is 29.7 Å². The number of nitrogen functional groups attached to an aromatic ring is 2. The highest BCUT2D eigenvalue weighted by molar-refractivity contribution is 6.02. The van der Waals surface area contributed by atoms with Crippen molar-refractivity contribution in [2.45, 2.75) is 20.8 Å². The lowest BCUT2D eigenvalue weighted by Gasteiger charge is -2.20. The number of amides is 1. The first kappa shape index (κ1) is 14.8. The quantitative estimate of drug-likeness (QED) is 0.556. The summed E-state index contributed by atoms with van der Waals surface area (Å²) in [7, 11) is 1.27. The molecule has 5 N–H and O–H groups in total. The van der Waals surface area contributed by atoms with Crippen molar-refractivity contribution in [1.82, 2.24) is 0 Å². The average molecular weight is 265 g/mol. The molecule has 0 aliphatic heterocycles. The molecule has 1 rings (SSSR count). The first-order valence-corrected chi connectivity index (χ1v) is 5.75. The normalized spacial score (nSPS) is 10.9. The van der Waals surface area contributed by atoms with Crippen LogP contribution in [0.4, 0.5) is 17.1 Å². The standard InChI is InChI=1S/C13H19N3O3/c1-13(2,3)12(18)16-10-8(14)5-7(6-9(10)15)11(17)19-4/h5-6H,14-15H2,1-4H3,(H,16,18). The number of hydrogen-bond acceptors (Lipinski definition) is 5. The Morgan fingerprint density at radius 3 is 2.00 bits per heavy atom. The van der Waals surface area contributed by atoms with Crippen molar-refractivity contribution in [2.75, 3.05) is 23.9 Å². The fourth-order valence-electron chi connectivity index (χ4n) is 1.37. The molecule has 0 aliphatic carbocycles. The van der Waals surface area contributed by atoms with E-state index >= 15 is 0 Å². The van der Waals surface area contributed by atoms with Crippen molar-refractivity contribution in [1.29, 1.82) is 0 Å². The van der Waals surface area contributed by atoms with Gasteiger partial charge in [0.2, 0.25) is 5.91 Å². The van der Waals surface area contributed by atoms with E-state index in [1.165, 1.54) is 19.2 Å². The van der Waals surface area contributed by atoms with E-state index in [0.29, 0.717) is 5.69 Å². The smallest absolute Gasteiger partial charge is 0.338 e. The molecular weight excluding hydrogens is 246 g/mol. The van der Waals surface area contributed by atoms with Crippen LogP contribution in [0.5, 0.6) is 0 Å². The number of rotatable bonds is 2. The largest absolute Gasteiger partial charge is 0.465 e. The molecule has 1 aromatic carbocycles. The van der Waals surface area contributed by atoms with Crippen LogP contribution in [0.3, 0.4) is 0 Å². The van der Waals surface area contributed by atoms with Gasteiger partial charge in [0.15, 0.2) is 0 Å². The van der Waals surface area contributed by atoms with E-state index < -0.39 is 11.4 Å². The van der Waals surface area contributed by atoms with E-state index in [1.54, 1.807) is 20.8 Å². The van der Waals surface area contributed by atoms with Gasteiger partial charge in [0.1, 0.15) is 0 Å². The number of ether oxygens (including phenoxy) is 1.